The molecule has 0 aliphatic heterocycles. The van der Waals surface area contributed by atoms with Crippen LogP contribution in [0.25, 0.3) is 0 Å². The van der Waals surface area contributed by atoms with Crippen LogP contribution >= 0.6 is 0 Å². The number of methoxy groups -OCH3 is 1. The Hall–Kier alpha value is -4.46. The van der Waals surface area contributed by atoms with Crippen LogP contribution in [0.15, 0.2) is 109 Å². The first kappa shape index (κ1) is 31.5. The molecule has 0 aliphatic carbocycles. The Morgan fingerprint density at radius 3 is 1.98 bits per heavy atom. The zero-order valence-electron chi connectivity index (χ0n) is 25.3. The van der Waals surface area contributed by atoms with E-state index in [0.29, 0.717) is 24.3 Å². The molecule has 4 aromatic carbocycles. The van der Waals surface area contributed by atoms with E-state index in [1.165, 1.54) is 6.07 Å². The number of primary amides is 1. The van der Waals surface area contributed by atoms with Crippen LogP contribution in [-0.2, 0) is 6.42 Å². The molecule has 7 nitrogen and oxygen atoms in total. The number of aliphatic hydroxyl groups excluding tert-OH is 1. The van der Waals surface area contributed by atoms with Crippen LogP contribution in [0, 0.1) is 0 Å². The maximum absolute atomic E-state index is 14.5. The Labute approximate surface area is 254 Å². The van der Waals surface area contributed by atoms with Crippen molar-refractivity contribution < 1.29 is 19.4 Å². The maximum Gasteiger partial charge on any atom is 0.254 e. The molecule has 0 radical (unpaired) electrons. The molecular formula is C36H41N3O4. The minimum Gasteiger partial charge on any atom is -0.497 e. The minimum absolute atomic E-state index is 0.0450. The molecule has 0 bridgehead atoms. The smallest absolute Gasteiger partial charge is 0.254 e. The summed E-state index contributed by atoms with van der Waals surface area (Å²) in [5.41, 5.74) is 9.15. The molecule has 3 N–H and O–H groups in total. The third kappa shape index (κ3) is 7.89. The highest BCUT2D eigenvalue weighted by Gasteiger charge is 2.36. The summed E-state index contributed by atoms with van der Waals surface area (Å²) in [6.07, 6.45) is -0.475. The van der Waals surface area contributed by atoms with Gasteiger partial charge in [-0.3, -0.25) is 14.5 Å². The fourth-order valence-electron chi connectivity index (χ4n) is 5.45. The molecule has 0 unspecified atom stereocenters. The molecule has 0 aliphatic rings. The van der Waals surface area contributed by atoms with E-state index in [-0.39, 0.29) is 17.5 Å². The summed E-state index contributed by atoms with van der Waals surface area (Å²) < 4.78 is 5.36. The van der Waals surface area contributed by atoms with Crippen LogP contribution in [0.2, 0.25) is 0 Å². The Morgan fingerprint density at radius 1 is 0.791 bits per heavy atom. The summed E-state index contributed by atoms with van der Waals surface area (Å²) in [6.45, 7) is 4.39. The van der Waals surface area contributed by atoms with E-state index in [1.54, 1.807) is 30.2 Å². The third-order valence-electron chi connectivity index (χ3n) is 8.15. The number of rotatable bonds is 13. The van der Waals surface area contributed by atoms with Crippen LogP contribution in [0.5, 0.6) is 5.75 Å². The molecule has 0 spiro atoms. The molecule has 0 aromatic heterocycles. The number of hydrogen-bond donors (Lipinski definition) is 2. The van der Waals surface area contributed by atoms with E-state index in [4.69, 9.17) is 10.5 Å². The van der Waals surface area contributed by atoms with Crippen molar-refractivity contribution in [2.45, 2.75) is 44.5 Å². The normalized spacial score (nSPS) is 14.0. The highest BCUT2D eigenvalue weighted by Crippen LogP contribution is 2.30. The van der Waals surface area contributed by atoms with Crippen molar-refractivity contribution in [3.63, 3.8) is 0 Å². The van der Waals surface area contributed by atoms with Gasteiger partial charge in [0.2, 0.25) is 5.91 Å². The monoisotopic (exact) mass is 579 g/mol. The average molecular weight is 580 g/mol. The number of nitrogens with zero attached hydrogens (tertiary/aromatic N) is 2. The molecule has 4 aromatic rings. The first-order valence-corrected chi connectivity index (χ1v) is 14.5. The van der Waals surface area contributed by atoms with Gasteiger partial charge in [0.25, 0.3) is 5.91 Å². The number of likely N-dealkylation sites (N-methyl/N-ethyl adjacent to an activating group) is 1. The highest BCUT2D eigenvalue weighted by molar-refractivity contribution is 5.99. The molecule has 4 atom stereocenters. The molecule has 4 rings (SSSR count). The van der Waals surface area contributed by atoms with Crippen molar-refractivity contribution in [2.24, 2.45) is 5.73 Å². The Bertz CT molecular complexity index is 1480. The zero-order chi connectivity index (χ0) is 30.9. The second kappa shape index (κ2) is 14.6. The molecule has 0 saturated heterocycles. The van der Waals surface area contributed by atoms with Gasteiger partial charge < -0.3 is 20.5 Å². The Balaban J connectivity index is 1.77. The standard InChI is InChI=1S/C36H41N3O4/c1-25(28-14-9-6-10-15-28)38(3)24-34(40)33(22-27-12-7-5-8-13-27)39(26(2)29-18-20-32(43-4)21-19-29)36(42)31-17-11-16-30(23-31)35(37)41/h5-21,23,25-26,33-34,40H,22,24H2,1-4H3,(H2,37,41)/t25-,26+,33-,34+/m0/s1. The summed E-state index contributed by atoms with van der Waals surface area (Å²) in [5, 5.41) is 12.0. The molecule has 0 heterocycles. The summed E-state index contributed by atoms with van der Waals surface area (Å²) in [7, 11) is 3.59. The van der Waals surface area contributed by atoms with E-state index in [9.17, 15) is 14.7 Å². The number of ether oxygens (including phenoxy) is 1. The lowest BCUT2D eigenvalue weighted by Gasteiger charge is -2.41. The summed E-state index contributed by atoms with van der Waals surface area (Å²) in [5.74, 6) is -0.202. The molecule has 7 heteroatoms. The second-order valence-corrected chi connectivity index (χ2v) is 11.0. The molecule has 2 amide bonds. The first-order chi connectivity index (χ1) is 20.7. The number of hydrogen-bond acceptors (Lipinski definition) is 5. The zero-order valence-corrected chi connectivity index (χ0v) is 25.3. The van der Waals surface area contributed by atoms with Crippen LogP contribution < -0.4 is 10.5 Å². The van der Waals surface area contributed by atoms with Crippen LogP contribution in [0.1, 0.15) is 63.3 Å². The lowest BCUT2D eigenvalue weighted by molar-refractivity contribution is 0.00698. The fraction of sp³-hybridized carbons (Fsp3) is 0.278. The van der Waals surface area contributed by atoms with Crippen molar-refractivity contribution in [2.75, 3.05) is 20.7 Å². The maximum atomic E-state index is 14.5. The van der Waals surface area contributed by atoms with Gasteiger partial charge in [-0.2, -0.15) is 0 Å². The van der Waals surface area contributed by atoms with Gasteiger partial charge in [-0.05, 0) is 74.3 Å². The molecule has 0 saturated carbocycles. The lowest BCUT2D eigenvalue weighted by atomic mass is 9.94. The second-order valence-electron chi connectivity index (χ2n) is 11.0. The number of benzene rings is 4. The van der Waals surface area contributed by atoms with E-state index in [2.05, 4.69) is 24.0 Å². The predicted molar refractivity (Wildman–Crippen MR) is 170 cm³/mol. The van der Waals surface area contributed by atoms with Crippen molar-refractivity contribution >= 4 is 11.8 Å². The summed E-state index contributed by atoms with van der Waals surface area (Å²) in [4.78, 5) is 30.3. The van der Waals surface area contributed by atoms with Gasteiger partial charge >= 0.3 is 0 Å². The van der Waals surface area contributed by atoms with Gasteiger partial charge in [0, 0.05) is 23.7 Å². The van der Waals surface area contributed by atoms with Crippen molar-refractivity contribution in [3.8, 4) is 5.75 Å². The van der Waals surface area contributed by atoms with Gasteiger partial charge in [-0.15, -0.1) is 0 Å². The number of amides is 2. The van der Waals surface area contributed by atoms with Crippen molar-refractivity contribution in [3.05, 3.63) is 137 Å². The first-order valence-electron chi connectivity index (χ1n) is 14.5. The van der Waals surface area contributed by atoms with Gasteiger partial charge in [0.1, 0.15) is 5.75 Å². The summed E-state index contributed by atoms with van der Waals surface area (Å²) in [6, 6.07) is 33.1. The molecule has 224 valence electrons. The molecule has 0 fully saturated rings. The Kier molecular flexibility index (Phi) is 10.7. The summed E-state index contributed by atoms with van der Waals surface area (Å²) >= 11 is 0. The van der Waals surface area contributed by atoms with Crippen molar-refractivity contribution in [1.82, 2.24) is 9.80 Å². The SMILES string of the molecule is COc1ccc([C@@H](C)N(C(=O)c2cccc(C(N)=O)c2)[C@@H](Cc2ccccc2)[C@H](O)CN(C)[C@@H](C)c2ccccc2)cc1. The Morgan fingerprint density at radius 2 is 1.37 bits per heavy atom. The predicted octanol–water partition coefficient (Wildman–Crippen LogP) is 5.66. The number of carbonyl (C=O) groups is 2. The van der Waals surface area contributed by atoms with Gasteiger partial charge in [-0.25, -0.2) is 0 Å². The molecule has 43 heavy (non-hydrogen) atoms. The molecular weight excluding hydrogens is 538 g/mol. The lowest BCUT2D eigenvalue weighted by Crippen LogP contribution is -2.52. The quantitative estimate of drug-likeness (QED) is 0.213. The minimum atomic E-state index is -0.902. The van der Waals surface area contributed by atoms with E-state index >= 15 is 0 Å². The van der Waals surface area contributed by atoms with Gasteiger partial charge in [0.15, 0.2) is 0 Å². The van der Waals surface area contributed by atoms with Crippen molar-refractivity contribution in [1.29, 1.82) is 0 Å². The van der Waals surface area contributed by atoms with E-state index < -0.39 is 24.1 Å². The van der Waals surface area contributed by atoms with Gasteiger partial charge in [-0.1, -0.05) is 78.9 Å². The number of nitrogens with two attached hydrogens (primary N) is 1. The largest absolute Gasteiger partial charge is 0.497 e. The van der Waals surface area contributed by atoms with E-state index in [1.807, 2.05) is 86.8 Å². The average Bonchev–Trinajstić information content (AvgIpc) is 3.04. The van der Waals surface area contributed by atoms with E-state index in [0.717, 1.165) is 16.7 Å². The van der Waals surface area contributed by atoms with Gasteiger partial charge in [0.05, 0.1) is 25.3 Å². The number of aliphatic hydroxyl groups is 1. The van der Waals surface area contributed by atoms with Crippen LogP contribution in [-0.4, -0.2) is 59.6 Å². The van der Waals surface area contributed by atoms with Crippen LogP contribution in [0.4, 0.5) is 0 Å². The fourth-order valence-corrected chi connectivity index (χ4v) is 5.45. The van der Waals surface area contributed by atoms with Crippen LogP contribution in [0.3, 0.4) is 0 Å². The topological polar surface area (TPSA) is 96.1 Å². The highest BCUT2D eigenvalue weighted by atomic mass is 16.5. The third-order valence-corrected chi connectivity index (χ3v) is 8.15. The number of carbonyl (C=O) groups excluding carboxylic acids is 2.